The van der Waals surface area contributed by atoms with Gasteiger partial charge in [-0.2, -0.15) is 0 Å². The summed E-state index contributed by atoms with van der Waals surface area (Å²) in [6.45, 7) is 3.88. The second kappa shape index (κ2) is 7.05. The molecule has 4 rings (SSSR count). The van der Waals surface area contributed by atoms with Gasteiger partial charge in [-0.3, -0.25) is 19.5 Å². The molecule has 1 amide bonds. The lowest BCUT2D eigenvalue weighted by Gasteiger charge is -2.28. The monoisotopic (exact) mass is 390 g/mol. The van der Waals surface area contributed by atoms with Crippen molar-refractivity contribution < 1.29 is 14.7 Å². The Labute approximate surface area is 166 Å². The molecule has 0 fully saturated rings. The molecular formula is C22H18N2O3S. The minimum absolute atomic E-state index is 0.0837. The van der Waals surface area contributed by atoms with Crippen molar-refractivity contribution in [2.45, 2.75) is 19.9 Å². The predicted octanol–water partition coefficient (Wildman–Crippen LogP) is 4.54. The molecule has 1 N–H and O–H groups in total. The molecule has 1 aliphatic heterocycles. The van der Waals surface area contributed by atoms with Gasteiger partial charge in [-0.25, -0.2) is 0 Å². The first kappa shape index (κ1) is 18.1. The Morgan fingerprint density at radius 3 is 2.64 bits per heavy atom. The molecule has 0 aliphatic carbocycles. The first-order chi connectivity index (χ1) is 13.5. The maximum absolute atomic E-state index is 13.2. The van der Waals surface area contributed by atoms with Gasteiger partial charge in [-0.05, 0) is 48.6 Å². The number of hydrogen-bond donors (Lipinski definition) is 1. The van der Waals surface area contributed by atoms with Crippen molar-refractivity contribution in [1.29, 1.82) is 0 Å². The van der Waals surface area contributed by atoms with Crippen LogP contribution in [0.25, 0.3) is 0 Å². The van der Waals surface area contributed by atoms with Gasteiger partial charge in [0.25, 0.3) is 5.91 Å². The SMILES string of the molecule is Cc1ccc(N2C(=O)C(O)=C(C(=O)c3cccs3)C2c2cccnc2)c(C)c1. The minimum atomic E-state index is -0.739. The number of carbonyl (C=O) groups is 2. The van der Waals surface area contributed by atoms with E-state index in [-0.39, 0.29) is 11.4 Å². The number of aliphatic hydroxyl groups excluding tert-OH is 1. The highest BCUT2D eigenvalue weighted by atomic mass is 32.1. The molecule has 140 valence electrons. The van der Waals surface area contributed by atoms with E-state index in [0.29, 0.717) is 16.1 Å². The number of rotatable bonds is 4. The van der Waals surface area contributed by atoms with Gasteiger partial charge in [0.15, 0.2) is 5.76 Å². The number of Topliss-reactive ketones (excluding diaryl/α,β-unsaturated/α-hetero) is 1. The number of anilines is 1. The average Bonchev–Trinajstić information content (AvgIpc) is 3.31. The van der Waals surface area contributed by atoms with E-state index in [1.54, 1.807) is 36.0 Å². The van der Waals surface area contributed by atoms with Crippen LogP contribution in [0.1, 0.15) is 32.4 Å². The Kier molecular flexibility index (Phi) is 4.57. The van der Waals surface area contributed by atoms with Crippen LogP contribution in [0.3, 0.4) is 0 Å². The number of hydrogen-bond acceptors (Lipinski definition) is 5. The highest BCUT2D eigenvalue weighted by Crippen LogP contribution is 2.43. The molecular weight excluding hydrogens is 372 g/mol. The van der Waals surface area contributed by atoms with Crippen LogP contribution in [0, 0.1) is 13.8 Å². The molecule has 6 heteroatoms. The number of aliphatic hydroxyl groups is 1. The van der Waals surface area contributed by atoms with Crippen LogP contribution in [0.15, 0.2) is 71.6 Å². The van der Waals surface area contributed by atoms with Gasteiger partial charge < -0.3 is 5.11 Å². The molecule has 1 aromatic carbocycles. The third-order valence-corrected chi connectivity index (χ3v) is 5.68. The molecule has 1 unspecified atom stereocenters. The van der Waals surface area contributed by atoms with Crippen molar-refractivity contribution in [1.82, 2.24) is 4.98 Å². The molecule has 0 bridgehead atoms. The molecule has 2 aromatic heterocycles. The zero-order valence-corrected chi connectivity index (χ0v) is 16.2. The number of carbonyl (C=O) groups excluding carboxylic acids is 2. The Morgan fingerprint density at radius 1 is 1.18 bits per heavy atom. The fraction of sp³-hybridized carbons (Fsp3) is 0.136. The van der Waals surface area contributed by atoms with E-state index in [1.807, 2.05) is 38.1 Å². The van der Waals surface area contributed by atoms with Crippen LogP contribution in [0.5, 0.6) is 0 Å². The smallest absolute Gasteiger partial charge is 0.294 e. The van der Waals surface area contributed by atoms with E-state index in [1.165, 1.54) is 16.2 Å². The molecule has 5 nitrogen and oxygen atoms in total. The van der Waals surface area contributed by atoms with Gasteiger partial charge in [0.2, 0.25) is 5.78 Å². The van der Waals surface area contributed by atoms with Crippen LogP contribution in [-0.4, -0.2) is 21.8 Å². The topological polar surface area (TPSA) is 70.5 Å². The first-order valence-corrected chi connectivity index (χ1v) is 9.69. The highest BCUT2D eigenvalue weighted by Gasteiger charge is 2.45. The van der Waals surface area contributed by atoms with Crippen LogP contribution < -0.4 is 4.90 Å². The molecule has 0 radical (unpaired) electrons. The largest absolute Gasteiger partial charge is 0.503 e. The Bertz CT molecular complexity index is 1090. The summed E-state index contributed by atoms with van der Waals surface area (Å²) in [5.74, 6) is -1.44. The summed E-state index contributed by atoms with van der Waals surface area (Å²) in [7, 11) is 0. The molecule has 1 atom stereocenters. The zero-order valence-electron chi connectivity index (χ0n) is 15.4. The second-order valence-corrected chi connectivity index (χ2v) is 7.67. The third kappa shape index (κ3) is 2.92. The average molecular weight is 390 g/mol. The predicted molar refractivity (Wildman–Crippen MR) is 109 cm³/mol. The summed E-state index contributed by atoms with van der Waals surface area (Å²) in [4.78, 5) is 32.3. The second-order valence-electron chi connectivity index (χ2n) is 6.72. The summed E-state index contributed by atoms with van der Waals surface area (Å²) in [6.07, 6.45) is 3.25. The van der Waals surface area contributed by atoms with E-state index in [0.717, 1.165) is 11.1 Å². The van der Waals surface area contributed by atoms with Crippen molar-refractivity contribution in [2.75, 3.05) is 4.90 Å². The fourth-order valence-electron chi connectivity index (χ4n) is 3.55. The molecule has 1 aliphatic rings. The lowest BCUT2D eigenvalue weighted by atomic mass is 9.96. The van der Waals surface area contributed by atoms with Crippen molar-refractivity contribution in [3.8, 4) is 0 Å². The van der Waals surface area contributed by atoms with Crippen molar-refractivity contribution >= 4 is 28.7 Å². The molecule has 0 spiro atoms. The van der Waals surface area contributed by atoms with Gasteiger partial charge in [0.05, 0.1) is 16.5 Å². The van der Waals surface area contributed by atoms with E-state index in [4.69, 9.17) is 0 Å². The number of benzene rings is 1. The van der Waals surface area contributed by atoms with Crippen molar-refractivity contribution in [3.05, 3.63) is 93.1 Å². The standard InChI is InChI=1S/C22H18N2O3S/c1-13-7-8-16(14(2)11-13)24-19(15-5-3-9-23-12-15)18(21(26)22(24)27)20(25)17-6-4-10-28-17/h3-12,19,26H,1-2H3. The molecule has 0 saturated heterocycles. The highest BCUT2D eigenvalue weighted by molar-refractivity contribution is 7.12. The quantitative estimate of drug-likeness (QED) is 0.664. The Balaban J connectivity index is 1.90. The summed E-state index contributed by atoms with van der Waals surface area (Å²) in [5.41, 5.74) is 3.36. The summed E-state index contributed by atoms with van der Waals surface area (Å²) in [5, 5.41) is 12.5. The lowest BCUT2D eigenvalue weighted by Crippen LogP contribution is -2.31. The maximum Gasteiger partial charge on any atom is 0.294 e. The number of ketones is 1. The zero-order chi connectivity index (χ0) is 19.8. The summed E-state index contributed by atoms with van der Waals surface area (Å²) >= 11 is 1.28. The van der Waals surface area contributed by atoms with Crippen LogP contribution in [0.2, 0.25) is 0 Å². The van der Waals surface area contributed by atoms with Gasteiger partial charge in [-0.1, -0.05) is 29.8 Å². The molecule has 0 saturated carbocycles. The number of thiophene rings is 1. The molecule has 28 heavy (non-hydrogen) atoms. The molecule has 3 heterocycles. The van der Waals surface area contributed by atoms with Crippen LogP contribution in [0.4, 0.5) is 5.69 Å². The van der Waals surface area contributed by atoms with Crippen molar-refractivity contribution in [2.24, 2.45) is 0 Å². The summed E-state index contributed by atoms with van der Waals surface area (Å²) < 4.78 is 0. The number of amides is 1. The number of nitrogens with zero attached hydrogens (tertiary/aromatic N) is 2. The third-order valence-electron chi connectivity index (χ3n) is 4.81. The van der Waals surface area contributed by atoms with Gasteiger partial charge in [0, 0.05) is 18.1 Å². The van der Waals surface area contributed by atoms with Crippen molar-refractivity contribution in [3.63, 3.8) is 0 Å². The number of aryl methyl sites for hydroxylation is 2. The van der Waals surface area contributed by atoms with Gasteiger partial charge in [0.1, 0.15) is 0 Å². The van der Waals surface area contributed by atoms with Gasteiger partial charge >= 0.3 is 0 Å². The Morgan fingerprint density at radius 2 is 2.00 bits per heavy atom. The lowest BCUT2D eigenvalue weighted by molar-refractivity contribution is -0.117. The fourth-order valence-corrected chi connectivity index (χ4v) is 4.23. The van der Waals surface area contributed by atoms with E-state index < -0.39 is 17.7 Å². The Hall–Kier alpha value is -3.25. The van der Waals surface area contributed by atoms with Crippen LogP contribution >= 0.6 is 11.3 Å². The minimum Gasteiger partial charge on any atom is -0.503 e. The van der Waals surface area contributed by atoms with E-state index in [9.17, 15) is 14.7 Å². The number of aromatic nitrogens is 1. The molecule has 3 aromatic rings. The van der Waals surface area contributed by atoms with E-state index in [2.05, 4.69) is 4.98 Å². The van der Waals surface area contributed by atoms with Gasteiger partial charge in [-0.15, -0.1) is 11.3 Å². The normalized spacial score (nSPS) is 16.7. The van der Waals surface area contributed by atoms with Crippen LogP contribution in [-0.2, 0) is 4.79 Å². The maximum atomic E-state index is 13.2. The first-order valence-electron chi connectivity index (χ1n) is 8.81. The van der Waals surface area contributed by atoms with E-state index >= 15 is 0 Å². The number of pyridine rings is 1. The summed E-state index contributed by atoms with van der Waals surface area (Å²) in [6, 6.07) is 12.0.